The predicted octanol–water partition coefficient (Wildman–Crippen LogP) is 9.11. The van der Waals surface area contributed by atoms with Gasteiger partial charge in [0, 0.05) is 5.56 Å². The Morgan fingerprint density at radius 3 is 1.93 bits per heavy atom. The van der Waals surface area contributed by atoms with E-state index in [0.29, 0.717) is 11.5 Å². The molecule has 0 aliphatic heterocycles. The maximum Gasteiger partial charge on any atom is 0.131 e. The van der Waals surface area contributed by atoms with Crippen LogP contribution in [0, 0.1) is 17.7 Å². The average Bonchev–Trinajstić information content (AvgIpc) is 2.72. The second-order valence-corrected chi connectivity index (χ2v) is 8.64. The van der Waals surface area contributed by atoms with Crippen molar-refractivity contribution >= 4 is 11.1 Å². The second kappa shape index (κ2) is 9.89. The number of halogens is 1. The van der Waals surface area contributed by atoms with E-state index in [-0.39, 0.29) is 11.7 Å². The van der Waals surface area contributed by atoms with Crippen molar-refractivity contribution in [1.82, 2.24) is 0 Å². The van der Waals surface area contributed by atoms with E-state index >= 15 is 0 Å². The van der Waals surface area contributed by atoms with Crippen LogP contribution >= 0.6 is 0 Å². The first-order chi connectivity index (χ1) is 14.1. The number of benzene rings is 2. The van der Waals surface area contributed by atoms with Gasteiger partial charge >= 0.3 is 0 Å². The number of allylic oxidation sites excluding steroid dienone is 6. The monoisotopic (exact) mass is 402 g/mol. The van der Waals surface area contributed by atoms with Gasteiger partial charge in [-0.05, 0) is 84.6 Å². The van der Waals surface area contributed by atoms with Gasteiger partial charge in [0.2, 0.25) is 0 Å². The molecule has 0 radical (unpaired) electrons. The van der Waals surface area contributed by atoms with Crippen LogP contribution in [0.3, 0.4) is 0 Å². The summed E-state index contributed by atoms with van der Waals surface area (Å²) in [6, 6.07) is 13.6. The van der Waals surface area contributed by atoms with Crippen LogP contribution in [-0.2, 0) is 0 Å². The standard InChI is InChI=1S/C29H35F/c1-10-27(21(7)19(4)5)23(9)24-11-13-25(14-12-24)26-15-16-28(29(30)17-26)22(8)20(6)18(2)3/h10-18,20H,8-9H2,1-7H3/b27-10-. The molecule has 2 rings (SSSR count). The molecule has 0 spiro atoms. The average molecular weight is 403 g/mol. The fraction of sp³-hybridized carbons (Fsp3) is 0.310. The van der Waals surface area contributed by atoms with Crippen LogP contribution in [0.5, 0.6) is 0 Å². The summed E-state index contributed by atoms with van der Waals surface area (Å²) in [5.74, 6) is 0.448. The van der Waals surface area contributed by atoms with Crippen molar-refractivity contribution in [3.05, 3.63) is 95.4 Å². The first-order valence-electron chi connectivity index (χ1n) is 10.7. The topological polar surface area (TPSA) is 0 Å². The molecule has 0 bridgehead atoms. The molecule has 1 atom stereocenters. The van der Waals surface area contributed by atoms with Crippen molar-refractivity contribution in [3.63, 3.8) is 0 Å². The maximum atomic E-state index is 14.8. The molecule has 1 unspecified atom stereocenters. The van der Waals surface area contributed by atoms with Gasteiger partial charge in [0.25, 0.3) is 0 Å². The summed E-state index contributed by atoms with van der Waals surface area (Å²) in [5, 5.41) is 0. The zero-order valence-corrected chi connectivity index (χ0v) is 19.6. The Labute approximate surface area is 182 Å². The van der Waals surface area contributed by atoms with E-state index in [2.05, 4.69) is 72.9 Å². The van der Waals surface area contributed by atoms with Gasteiger partial charge in [-0.3, -0.25) is 0 Å². The summed E-state index contributed by atoms with van der Waals surface area (Å²) in [6.07, 6.45) is 2.11. The molecular formula is C29H35F. The largest absolute Gasteiger partial charge is 0.206 e. The Morgan fingerprint density at radius 2 is 1.47 bits per heavy atom. The van der Waals surface area contributed by atoms with Gasteiger partial charge in [0.1, 0.15) is 5.82 Å². The van der Waals surface area contributed by atoms with Crippen LogP contribution in [0.1, 0.15) is 59.6 Å². The quantitative estimate of drug-likeness (QED) is 0.405. The lowest BCUT2D eigenvalue weighted by Crippen LogP contribution is -2.07. The van der Waals surface area contributed by atoms with E-state index in [0.717, 1.165) is 33.4 Å². The molecule has 0 amide bonds. The van der Waals surface area contributed by atoms with Crippen LogP contribution in [0.25, 0.3) is 22.3 Å². The highest BCUT2D eigenvalue weighted by Crippen LogP contribution is 2.33. The summed E-state index contributed by atoms with van der Waals surface area (Å²) in [5.41, 5.74) is 9.09. The lowest BCUT2D eigenvalue weighted by atomic mass is 9.86. The number of hydrogen-bond acceptors (Lipinski definition) is 0. The first kappa shape index (κ1) is 23.6. The van der Waals surface area contributed by atoms with Crippen molar-refractivity contribution in [2.24, 2.45) is 11.8 Å². The number of rotatable bonds is 7. The summed E-state index contributed by atoms with van der Waals surface area (Å²) in [7, 11) is 0. The molecule has 158 valence electrons. The SMILES string of the molecule is C=C(/C(=C\C)C(C)=C(C)C)c1ccc(-c2ccc(C(=C)C(C)C(C)C)c(F)c2)cc1. The molecule has 0 N–H and O–H groups in total. The van der Waals surface area contributed by atoms with Gasteiger partial charge in [-0.25, -0.2) is 4.39 Å². The molecule has 0 saturated carbocycles. The van der Waals surface area contributed by atoms with Crippen LogP contribution in [0.4, 0.5) is 4.39 Å². The van der Waals surface area contributed by atoms with Gasteiger partial charge in [0.05, 0.1) is 0 Å². The smallest absolute Gasteiger partial charge is 0.131 e. The molecule has 1 heteroatoms. The zero-order chi connectivity index (χ0) is 22.6. The Balaban J connectivity index is 2.31. The zero-order valence-electron chi connectivity index (χ0n) is 19.6. The number of hydrogen-bond donors (Lipinski definition) is 0. The molecule has 0 fully saturated rings. The molecule has 0 aliphatic carbocycles. The Morgan fingerprint density at radius 1 is 0.900 bits per heavy atom. The van der Waals surface area contributed by atoms with Crippen molar-refractivity contribution in [2.45, 2.75) is 48.5 Å². The molecule has 2 aromatic carbocycles. The normalized spacial score (nSPS) is 12.6. The Hall–Kier alpha value is -2.67. The molecule has 2 aromatic rings. The Kier molecular flexibility index (Phi) is 7.78. The second-order valence-electron chi connectivity index (χ2n) is 8.64. The van der Waals surface area contributed by atoms with Crippen LogP contribution in [0.2, 0.25) is 0 Å². The molecule has 0 aliphatic rings. The van der Waals surface area contributed by atoms with Gasteiger partial charge < -0.3 is 0 Å². The predicted molar refractivity (Wildman–Crippen MR) is 132 cm³/mol. The third-order valence-electron chi connectivity index (χ3n) is 6.20. The lowest BCUT2D eigenvalue weighted by molar-refractivity contribution is 0.515. The van der Waals surface area contributed by atoms with E-state index in [1.165, 1.54) is 11.1 Å². The van der Waals surface area contributed by atoms with E-state index in [4.69, 9.17) is 0 Å². The van der Waals surface area contributed by atoms with Crippen LogP contribution < -0.4 is 0 Å². The third-order valence-corrected chi connectivity index (χ3v) is 6.20. The highest BCUT2D eigenvalue weighted by molar-refractivity contribution is 5.83. The minimum absolute atomic E-state index is 0.214. The highest BCUT2D eigenvalue weighted by atomic mass is 19.1. The summed E-state index contributed by atoms with van der Waals surface area (Å²) in [4.78, 5) is 0. The molecule has 30 heavy (non-hydrogen) atoms. The molecule has 0 nitrogen and oxygen atoms in total. The van der Waals surface area contributed by atoms with Gasteiger partial charge in [0.15, 0.2) is 0 Å². The van der Waals surface area contributed by atoms with E-state index in [9.17, 15) is 4.39 Å². The van der Waals surface area contributed by atoms with Gasteiger partial charge in [-0.1, -0.05) is 82.0 Å². The summed E-state index contributed by atoms with van der Waals surface area (Å²) in [6.45, 7) is 23.2. The van der Waals surface area contributed by atoms with Crippen LogP contribution in [-0.4, -0.2) is 0 Å². The molecule has 0 heterocycles. The Bertz CT molecular complexity index is 993. The van der Waals surface area contributed by atoms with E-state index in [1.54, 1.807) is 6.07 Å². The van der Waals surface area contributed by atoms with Crippen molar-refractivity contribution in [1.29, 1.82) is 0 Å². The van der Waals surface area contributed by atoms with Crippen molar-refractivity contribution in [2.75, 3.05) is 0 Å². The molecule has 0 aromatic heterocycles. The first-order valence-corrected chi connectivity index (χ1v) is 10.7. The van der Waals surface area contributed by atoms with Gasteiger partial charge in [-0.15, -0.1) is 0 Å². The van der Waals surface area contributed by atoms with Crippen molar-refractivity contribution < 1.29 is 4.39 Å². The minimum atomic E-state index is -0.214. The van der Waals surface area contributed by atoms with E-state index in [1.807, 2.05) is 31.2 Å². The third kappa shape index (κ3) is 5.08. The minimum Gasteiger partial charge on any atom is -0.206 e. The van der Waals surface area contributed by atoms with Gasteiger partial charge in [-0.2, -0.15) is 0 Å². The summed E-state index contributed by atoms with van der Waals surface area (Å²) < 4.78 is 14.8. The fourth-order valence-corrected chi connectivity index (χ4v) is 3.51. The summed E-state index contributed by atoms with van der Waals surface area (Å²) >= 11 is 0. The molecule has 0 saturated heterocycles. The highest BCUT2D eigenvalue weighted by Gasteiger charge is 2.16. The van der Waals surface area contributed by atoms with Crippen molar-refractivity contribution in [3.8, 4) is 11.1 Å². The molecular weight excluding hydrogens is 367 g/mol. The lowest BCUT2D eigenvalue weighted by Gasteiger charge is -2.19. The maximum absolute atomic E-state index is 14.8. The fourth-order valence-electron chi connectivity index (χ4n) is 3.51. The van der Waals surface area contributed by atoms with E-state index < -0.39 is 0 Å². The van der Waals surface area contributed by atoms with Crippen LogP contribution in [0.15, 0.2) is 78.4 Å².